The first-order valence-corrected chi connectivity index (χ1v) is 12.0. The lowest BCUT2D eigenvalue weighted by Crippen LogP contribution is -2.16. The average Bonchev–Trinajstić information content (AvgIpc) is 2.74. The molecule has 3 rings (SSSR count). The lowest BCUT2D eigenvalue weighted by atomic mass is 10.2. The van der Waals surface area contributed by atoms with E-state index in [-0.39, 0.29) is 21.2 Å². The molecule has 0 fully saturated rings. The monoisotopic (exact) mass is 477 g/mol. The first kappa shape index (κ1) is 23.0. The summed E-state index contributed by atoms with van der Waals surface area (Å²) in [6.07, 6.45) is 0. The van der Waals surface area contributed by atoms with Crippen LogP contribution >= 0.6 is 0 Å². The van der Waals surface area contributed by atoms with Crippen LogP contribution in [0.15, 0.2) is 76.5 Å². The average molecular weight is 478 g/mol. The van der Waals surface area contributed by atoms with Gasteiger partial charge in [-0.05, 0) is 55.0 Å². The zero-order valence-corrected chi connectivity index (χ0v) is 18.6. The van der Waals surface area contributed by atoms with Crippen molar-refractivity contribution in [3.05, 3.63) is 82.4 Å². The first-order valence-electron chi connectivity index (χ1n) is 9.07. The van der Waals surface area contributed by atoms with E-state index in [0.717, 1.165) is 12.1 Å². The normalized spacial score (nSPS) is 11.6. The maximum atomic E-state index is 12.8. The van der Waals surface area contributed by atoms with Crippen molar-refractivity contribution in [3.8, 4) is 5.75 Å². The fraction of sp³-hybridized carbons (Fsp3) is 0.100. The fourth-order valence-corrected chi connectivity index (χ4v) is 5.22. The number of nitrogens with one attached hydrogen (secondary N) is 2. The molecule has 3 aromatic carbocycles. The van der Waals surface area contributed by atoms with Crippen LogP contribution in [0.5, 0.6) is 5.75 Å². The van der Waals surface area contributed by atoms with Crippen LogP contribution < -0.4 is 14.2 Å². The van der Waals surface area contributed by atoms with Crippen molar-refractivity contribution < 1.29 is 26.5 Å². The molecule has 0 saturated carbocycles. The quantitative estimate of drug-likeness (QED) is 0.373. The van der Waals surface area contributed by atoms with Crippen LogP contribution in [0.3, 0.4) is 0 Å². The van der Waals surface area contributed by atoms with Crippen molar-refractivity contribution in [2.24, 2.45) is 0 Å². The Bertz CT molecular complexity index is 1370. The van der Waals surface area contributed by atoms with Gasteiger partial charge in [-0.15, -0.1) is 0 Å². The summed E-state index contributed by atoms with van der Waals surface area (Å²) in [5.41, 5.74) is 0.196. The molecule has 0 aliphatic rings. The highest BCUT2D eigenvalue weighted by Gasteiger charge is 2.22. The van der Waals surface area contributed by atoms with Crippen LogP contribution in [0.25, 0.3) is 0 Å². The Balaban J connectivity index is 1.88. The summed E-state index contributed by atoms with van der Waals surface area (Å²) in [6.45, 7) is 1.50. The number of hydrogen-bond donors (Lipinski definition) is 2. The number of ether oxygens (including phenoxy) is 1. The van der Waals surface area contributed by atoms with E-state index in [1.807, 2.05) is 0 Å². The molecule has 0 saturated heterocycles. The Morgan fingerprint density at radius 1 is 0.844 bits per heavy atom. The van der Waals surface area contributed by atoms with Gasteiger partial charge in [-0.25, -0.2) is 16.8 Å². The van der Waals surface area contributed by atoms with Crippen molar-refractivity contribution in [3.63, 3.8) is 0 Å². The van der Waals surface area contributed by atoms with E-state index in [0.29, 0.717) is 17.0 Å². The number of nitrogens with zero attached hydrogens (tertiary/aromatic N) is 1. The number of sulfonamides is 2. The third kappa shape index (κ3) is 5.15. The summed E-state index contributed by atoms with van der Waals surface area (Å²) >= 11 is 0. The zero-order chi connectivity index (χ0) is 23.5. The van der Waals surface area contributed by atoms with Gasteiger partial charge in [0.25, 0.3) is 25.7 Å². The summed E-state index contributed by atoms with van der Waals surface area (Å²) in [6, 6.07) is 14.9. The van der Waals surface area contributed by atoms with E-state index in [4.69, 9.17) is 4.74 Å². The van der Waals surface area contributed by atoms with Crippen molar-refractivity contribution in [1.82, 2.24) is 0 Å². The van der Waals surface area contributed by atoms with Crippen LogP contribution in [0.1, 0.15) is 5.56 Å². The lowest BCUT2D eigenvalue weighted by molar-refractivity contribution is -0.385. The van der Waals surface area contributed by atoms with Gasteiger partial charge in [-0.2, -0.15) is 0 Å². The highest BCUT2D eigenvalue weighted by atomic mass is 32.2. The molecule has 12 heteroatoms. The van der Waals surface area contributed by atoms with E-state index >= 15 is 0 Å². The van der Waals surface area contributed by atoms with Crippen LogP contribution in [0, 0.1) is 17.0 Å². The SMILES string of the molecule is COc1ccc(NS(=O)(=O)c2cccc(NS(=O)(=O)c3cc([N+](=O)[O-])ccc3C)c2)cc1. The molecule has 0 aromatic heterocycles. The summed E-state index contributed by atoms with van der Waals surface area (Å²) in [5.74, 6) is 0.556. The Kier molecular flexibility index (Phi) is 6.37. The number of nitro groups is 1. The molecule has 2 N–H and O–H groups in total. The van der Waals surface area contributed by atoms with E-state index in [1.165, 1.54) is 56.5 Å². The third-order valence-electron chi connectivity index (χ3n) is 4.41. The second kappa shape index (κ2) is 8.85. The molecule has 0 radical (unpaired) electrons. The minimum absolute atomic E-state index is 0.0199. The van der Waals surface area contributed by atoms with Crippen molar-refractivity contribution >= 4 is 37.1 Å². The maximum Gasteiger partial charge on any atom is 0.270 e. The van der Waals surface area contributed by atoms with Gasteiger partial charge in [0.15, 0.2) is 0 Å². The molecule has 0 heterocycles. The number of anilines is 2. The van der Waals surface area contributed by atoms with Gasteiger partial charge in [-0.1, -0.05) is 12.1 Å². The fourth-order valence-electron chi connectivity index (χ4n) is 2.80. The molecule has 10 nitrogen and oxygen atoms in total. The van der Waals surface area contributed by atoms with Gasteiger partial charge >= 0.3 is 0 Å². The van der Waals surface area contributed by atoms with Gasteiger partial charge < -0.3 is 4.74 Å². The Morgan fingerprint density at radius 3 is 2.12 bits per heavy atom. The first-order chi connectivity index (χ1) is 15.0. The predicted octanol–water partition coefficient (Wildman–Crippen LogP) is 3.51. The predicted molar refractivity (Wildman–Crippen MR) is 119 cm³/mol. The molecule has 0 aliphatic carbocycles. The summed E-state index contributed by atoms with van der Waals surface area (Å²) in [4.78, 5) is 9.84. The van der Waals surface area contributed by atoms with Gasteiger partial charge in [0.1, 0.15) is 5.75 Å². The number of hydrogen-bond acceptors (Lipinski definition) is 7. The largest absolute Gasteiger partial charge is 0.497 e. The van der Waals surface area contributed by atoms with E-state index in [2.05, 4.69) is 9.44 Å². The number of benzene rings is 3. The second-order valence-electron chi connectivity index (χ2n) is 6.67. The van der Waals surface area contributed by atoms with Crippen LogP contribution in [0.2, 0.25) is 0 Å². The van der Waals surface area contributed by atoms with Gasteiger partial charge in [0.2, 0.25) is 0 Å². The van der Waals surface area contributed by atoms with Gasteiger partial charge in [-0.3, -0.25) is 19.6 Å². The minimum Gasteiger partial charge on any atom is -0.497 e. The number of nitro benzene ring substituents is 1. The molecule has 0 unspecified atom stereocenters. The van der Waals surface area contributed by atoms with Crippen molar-refractivity contribution in [2.45, 2.75) is 16.7 Å². The summed E-state index contributed by atoms with van der Waals surface area (Å²) in [7, 11) is -6.74. The van der Waals surface area contributed by atoms with E-state index < -0.39 is 25.0 Å². The number of aryl methyl sites for hydroxylation is 1. The number of methoxy groups -OCH3 is 1. The van der Waals surface area contributed by atoms with Gasteiger partial charge in [0.05, 0.1) is 27.5 Å². The molecule has 0 atom stereocenters. The Labute approximate surface area is 185 Å². The van der Waals surface area contributed by atoms with Crippen molar-refractivity contribution in [2.75, 3.05) is 16.6 Å². The van der Waals surface area contributed by atoms with Crippen LogP contribution in [0.4, 0.5) is 17.1 Å². The van der Waals surface area contributed by atoms with Crippen LogP contribution in [-0.2, 0) is 20.0 Å². The molecular formula is C20H19N3O7S2. The van der Waals surface area contributed by atoms with E-state index in [9.17, 15) is 26.9 Å². The number of rotatable bonds is 8. The highest BCUT2D eigenvalue weighted by Crippen LogP contribution is 2.26. The van der Waals surface area contributed by atoms with Crippen molar-refractivity contribution in [1.29, 1.82) is 0 Å². The lowest BCUT2D eigenvalue weighted by Gasteiger charge is -2.12. The van der Waals surface area contributed by atoms with E-state index in [1.54, 1.807) is 12.1 Å². The summed E-state index contributed by atoms with van der Waals surface area (Å²) < 4.78 is 60.8. The zero-order valence-electron chi connectivity index (χ0n) is 17.0. The molecule has 0 aliphatic heterocycles. The van der Waals surface area contributed by atoms with Crippen LogP contribution in [-0.4, -0.2) is 28.9 Å². The molecule has 0 amide bonds. The number of non-ortho nitro benzene ring substituents is 1. The summed E-state index contributed by atoms with van der Waals surface area (Å²) in [5, 5.41) is 11.0. The highest BCUT2D eigenvalue weighted by molar-refractivity contribution is 7.93. The Hall–Kier alpha value is -3.64. The standard InChI is InChI=1S/C20H19N3O7S2/c1-14-6-9-17(23(24)25)13-20(14)32(28,29)22-16-4-3-5-19(12-16)31(26,27)21-15-7-10-18(30-2)11-8-15/h3-13,21-22H,1-2H3. The third-order valence-corrected chi connectivity index (χ3v) is 7.31. The van der Waals surface area contributed by atoms with Gasteiger partial charge in [0, 0.05) is 17.8 Å². The second-order valence-corrected chi connectivity index (χ2v) is 10.0. The molecule has 0 spiro atoms. The molecule has 3 aromatic rings. The molecule has 32 heavy (non-hydrogen) atoms. The topological polar surface area (TPSA) is 145 Å². The molecule has 168 valence electrons. The smallest absolute Gasteiger partial charge is 0.270 e. The minimum atomic E-state index is -4.21. The molecular weight excluding hydrogens is 458 g/mol. The maximum absolute atomic E-state index is 12.8. The Morgan fingerprint density at radius 2 is 1.50 bits per heavy atom. The molecule has 0 bridgehead atoms.